The molecule has 3 aliphatic rings. The molecule has 0 bridgehead atoms. The lowest BCUT2D eigenvalue weighted by Crippen LogP contribution is -2.54. The van der Waals surface area contributed by atoms with Crippen LogP contribution in [0.4, 0.5) is 5.95 Å². The molecule has 4 rings (SSSR count). The summed E-state index contributed by atoms with van der Waals surface area (Å²) in [6.45, 7) is 0. The van der Waals surface area contributed by atoms with Gasteiger partial charge in [0, 0.05) is 31.3 Å². The van der Waals surface area contributed by atoms with Crippen LogP contribution in [0.25, 0.3) is 0 Å². The largest absolute Gasteiger partial charge is 0.367 e. The average Bonchev–Trinajstić information content (AvgIpc) is 2.86. The highest BCUT2D eigenvalue weighted by molar-refractivity contribution is 5.78. The molecular formula is C17H26N6O2. The van der Waals surface area contributed by atoms with Crippen molar-refractivity contribution in [1.29, 1.82) is 0 Å². The third-order valence-corrected chi connectivity index (χ3v) is 6.10. The highest BCUT2D eigenvalue weighted by Gasteiger charge is 2.57. The normalized spacial score (nSPS) is 32.6. The number of nitrogens with one attached hydrogen (secondary N) is 3. The topological polar surface area (TPSA) is 126 Å². The minimum absolute atomic E-state index is 0.00425. The number of nitrogen functional groups attached to an aromatic ring is 1. The van der Waals surface area contributed by atoms with Gasteiger partial charge in [-0.3, -0.25) is 14.7 Å². The highest BCUT2D eigenvalue weighted by Crippen LogP contribution is 2.65. The second kappa shape index (κ2) is 6.31. The lowest BCUT2D eigenvalue weighted by atomic mass is 9.86. The van der Waals surface area contributed by atoms with E-state index in [9.17, 15) is 9.59 Å². The number of carbonyl (C=O) groups is 2. The average molecular weight is 346 g/mol. The van der Waals surface area contributed by atoms with Crippen LogP contribution in [0.3, 0.4) is 0 Å². The van der Waals surface area contributed by atoms with Crippen molar-refractivity contribution in [3.63, 3.8) is 0 Å². The molecule has 0 spiro atoms. The summed E-state index contributed by atoms with van der Waals surface area (Å²) < 4.78 is 0. The van der Waals surface area contributed by atoms with Gasteiger partial charge in [0.25, 0.3) is 0 Å². The molecule has 1 aromatic rings. The Kier molecular flexibility index (Phi) is 4.13. The smallest absolute Gasteiger partial charge is 0.239 e. The van der Waals surface area contributed by atoms with E-state index in [1.165, 1.54) is 25.7 Å². The third-order valence-electron chi connectivity index (χ3n) is 6.10. The van der Waals surface area contributed by atoms with Crippen molar-refractivity contribution in [2.75, 3.05) is 5.73 Å². The van der Waals surface area contributed by atoms with Gasteiger partial charge in [0.2, 0.25) is 17.8 Å². The molecule has 2 unspecified atom stereocenters. The van der Waals surface area contributed by atoms with E-state index in [1.807, 2.05) is 0 Å². The van der Waals surface area contributed by atoms with E-state index in [0.29, 0.717) is 30.5 Å². The minimum atomic E-state index is -0.00425. The van der Waals surface area contributed by atoms with Crippen molar-refractivity contribution in [2.45, 2.75) is 69.9 Å². The van der Waals surface area contributed by atoms with Gasteiger partial charge in [-0.1, -0.05) is 6.42 Å². The zero-order chi connectivity index (χ0) is 17.4. The van der Waals surface area contributed by atoms with Gasteiger partial charge in [0.15, 0.2) is 0 Å². The molecule has 8 heteroatoms. The van der Waals surface area contributed by atoms with Crippen LogP contribution in [0.2, 0.25) is 0 Å². The summed E-state index contributed by atoms with van der Waals surface area (Å²) in [4.78, 5) is 28.1. The maximum absolute atomic E-state index is 12.2. The number of amides is 2. The van der Waals surface area contributed by atoms with Crippen LogP contribution in [-0.2, 0) is 16.0 Å². The Morgan fingerprint density at radius 3 is 2.60 bits per heavy atom. The Labute approximate surface area is 146 Å². The summed E-state index contributed by atoms with van der Waals surface area (Å²) >= 11 is 0. The number of hydrogen-bond donors (Lipinski definition) is 4. The van der Waals surface area contributed by atoms with Gasteiger partial charge in [-0.2, -0.15) is 4.98 Å². The molecule has 1 aromatic heterocycles. The number of hydrogen-bond acceptors (Lipinski definition) is 5. The molecule has 8 nitrogen and oxygen atoms in total. The first-order chi connectivity index (χ1) is 12.0. The molecular weight excluding hydrogens is 320 g/mol. The van der Waals surface area contributed by atoms with Crippen molar-refractivity contribution in [1.82, 2.24) is 25.8 Å². The van der Waals surface area contributed by atoms with E-state index in [0.717, 1.165) is 18.8 Å². The summed E-state index contributed by atoms with van der Waals surface area (Å²) in [7, 11) is 0. The van der Waals surface area contributed by atoms with Crippen LogP contribution in [0, 0.1) is 11.3 Å². The molecule has 0 radical (unpaired) electrons. The van der Waals surface area contributed by atoms with Gasteiger partial charge in [-0.25, -0.2) is 0 Å². The highest BCUT2D eigenvalue weighted by atomic mass is 16.2. The monoisotopic (exact) mass is 346 g/mol. The number of aromatic amines is 1. The Bertz CT molecular complexity index is 668. The van der Waals surface area contributed by atoms with Crippen molar-refractivity contribution >= 4 is 17.8 Å². The minimum Gasteiger partial charge on any atom is -0.367 e. The van der Waals surface area contributed by atoms with E-state index in [2.05, 4.69) is 25.8 Å². The quantitative estimate of drug-likeness (QED) is 0.577. The molecule has 25 heavy (non-hydrogen) atoms. The van der Waals surface area contributed by atoms with E-state index >= 15 is 0 Å². The van der Waals surface area contributed by atoms with E-state index in [1.54, 1.807) is 0 Å². The number of aromatic nitrogens is 3. The van der Waals surface area contributed by atoms with Gasteiger partial charge in [-0.05, 0) is 43.4 Å². The number of nitrogens with zero attached hydrogens (tertiary/aromatic N) is 2. The summed E-state index contributed by atoms with van der Waals surface area (Å²) in [6.07, 6.45) is 8.27. The number of aryl methyl sites for hydroxylation is 1. The van der Waals surface area contributed by atoms with Crippen LogP contribution in [-0.4, -0.2) is 39.1 Å². The van der Waals surface area contributed by atoms with Crippen molar-refractivity contribution in [2.24, 2.45) is 11.3 Å². The van der Waals surface area contributed by atoms with Gasteiger partial charge in [-0.15, -0.1) is 5.10 Å². The van der Waals surface area contributed by atoms with Crippen molar-refractivity contribution < 1.29 is 9.59 Å². The maximum atomic E-state index is 12.2. The van der Waals surface area contributed by atoms with Crippen LogP contribution in [0.15, 0.2) is 0 Å². The Hall–Kier alpha value is -2.12. The van der Waals surface area contributed by atoms with E-state index in [4.69, 9.17) is 5.73 Å². The number of rotatable bonds is 7. The second-order valence-electron chi connectivity index (χ2n) is 7.97. The molecule has 136 valence electrons. The molecule has 3 fully saturated rings. The summed E-state index contributed by atoms with van der Waals surface area (Å²) in [5.41, 5.74) is 5.78. The molecule has 0 saturated heterocycles. The van der Waals surface area contributed by atoms with Crippen molar-refractivity contribution in [3.05, 3.63) is 5.82 Å². The summed E-state index contributed by atoms with van der Waals surface area (Å²) in [5, 5.41) is 12.6. The molecule has 3 saturated carbocycles. The number of nitrogens with two attached hydrogens (primary N) is 1. The lowest BCUT2D eigenvalue weighted by Gasteiger charge is -2.36. The van der Waals surface area contributed by atoms with Gasteiger partial charge < -0.3 is 16.4 Å². The van der Waals surface area contributed by atoms with Crippen LogP contribution < -0.4 is 16.4 Å². The zero-order valence-electron chi connectivity index (χ0n) is 14.4. The Balaban J connectivity index is 1.11. The molecule has 5 N–H and O–H groups in total. The van der Waals surface area contributed by atoms with E-state index in [-0.39, 0.29) is 29.8 Å². The molecule has 0 aromatic carbocycles. The fraction of sp³-hybridized carbons (Fsp3) is 0.765. The molecule has 3 aliphatic carbocycles. The van der Waals surface area contributed by atoms with Gasteiger partial charge >= 0.3 is 0 Å². The first-order valence-corrected chi connectivity index (χ1v) is 9.28. The molecule has 1 heterocycles. The van der Waals surface area contributed by atoms with Crippen LogP contribution in [0.5, 0.6) is 0 Å². The number of carbonyl (C=O) groups excluding carboxylic acids is 2. The lowest BCUT2D eigenvalue weighted by molar-refractivity contribution is -0.124. The summed E-state index contributed by atoms with van der Waals surface area (Å²) in [5.74, 6) is 1.82. The van der Waals surface area contributed by atoms with E-state index < -0.39 is 0 Å². The van der Waals surface area contributed by atoms with Crippen LogP contribution in [0.1, 0.15) is 57.2 Å². The zero-order valence-corrected chi connectivity index (χ0v) is 14.4. The Morgan fingerprint density at radius 2 is 2.00 bits per heavy atom. The predicted octanol–water partition coefficient (Wildman–Crippen LogP) is 0.663. The molecule has 2 atom stereocenters. The molecule has 2 amide bonds. The van der Waals surface area contributed by atoms with Crippen LogP contribution >= 0.6 is 0 Å². The van der Waals surface area contributed by atoms with Gasteiger partial charge in [0.1, 0.15) is 5.82 Å². The van der Waals surface area contributed by atoms with Crippen molar-refractivity contribution in [3.8, 4) is 0 Å². The number of H-pyrrole nitrogens is 1. The predicted molar refractivity (Wildman–Crippen MR) is 91.2 cm³/mol. The molecule has 0 aliphatic heterocycles. The summed E-state index contributed by atoms with van der Waals surface area (Å²) in [6, 6.07) is 0.373. The fourth-order valence-electron chi connectivity index (χ4n) is 4.56. The second-order valence-corrected chi connectivity index (χ2v) is 7.97. The third kappa shape index (κ3) is 3.62. The number of fused-ring (bicyclic) bond motifs is 1. The number of anilines is 1. The fourth-order valence-corrected chi connectivity index (χ4v) is 4.56. The SMILES string of the molecule is Nc1n[nH]c(CCC(=O)NC2CC(NC(=O)CC34CCCC3C4)C2)n1. The van der Waals surface area contributed by atoms with Gasteiger partial charge in [0.05, 0.1) is 0 Å². The maximum Gasteiger partial charge on any atom is 0.239 e. The first-order valence-electron chi connectivity index (χ1n) is 9.28. The standard InChI is InChI=1S/C17H26N6O2/c18-16-21-13(22-23-16)3-4-14(24)19-11-6-12(7-11)20-15(25)9-17-5-1-2-10(17)8-17/h10-12H,1-9H2,(H,19,24)(H,20,25)(H3,18,21,22,23). The Morgan fingerprint density at radius 1 is 1.24 bits per heavy atom. The first kappa shape index (κ1) is 16.4.